The average Bonchev–Trinajstić information content (AvgIpc) is 3.01. The second-order valence-corrected chi connectivity index (χ2v) is 5.70. The second kappa shape index (κ2) is 6.09. The molecule has 1 N–H and O–H groups in total. The van der Waals surface area contributed by atoms with E-state index in [0.29, 0.717) is 0 Å². The van der Waals surface area contributed by atoms with Gasteiger partial charge in [0.25, 0.3) is 0 Å². The Balaban J connectivity index is 1.99. The summed E-state index contributed by atoms with van der Waals surface area (Å²) in [6.45, 7) is 0. The number of rotatable bonds is 3. The first-order chi connectivity index (χ1) is 11.8. The van der Waals surface area contributed by atoms with Crippen molar-refractivity contribution in [1.29, 1.82) is 0 Å². The quantitative estimate of drug-likeness (QED) is 0.480. The zero-order valence-electron chi connectivity index (χ0n) is 13.1. The molecule has 24 heavy (non-hydrogen) atoms. The Bertz CT molecular complexity index is 941. The van der Waals surface area contributed by atoms with E-state index in [1.807, 2.05) is 84.9 Å². The fourth-order valence-electron chi connectivity index (χ4n) is 3.03. The van der Waals surface area contributed by atoms with Crippen LogP contribution in [-0.2, 0) is 0 Å². The van der Waals surface area contributed by atoms with Crippen LogP contribution in [0.4, 0.5) is 0 Å². The second-order valence-electron chi connectivity index (χ2n) is 5.70. The Morgan fingerprint density at radius 2 is 1.00 bits per heavy atom. The van der Waals surface area contributed by atoms with Crippen molar-refractivity contribution in [3.8, 4) is 33.6 Å². The fraction of sp³-hybridized carbons (Fsp3) is 0. The van der Waals surface area contributed by atoms with Crippen LogP contribution < -0.4 is 0 Å². The molecule has 0 bridgehead atoms. The molecule has 0 atom stereocenters. The van der Waals surface area contributed by atoms with Crippen molar-refractivity contribution in [2.24, 2.45) is 0 Å². The van der Waals surface area contributed by atoms with E-state index < -0.39 is 0 Å². The molecule has 1 heterocycles. The molecule has 4 aromatic rings. The summed E-state index contributed by atoms with van der Waals surface area (Å²) < 4.78 is 1.30. The van der Waals surface area contributed by atoms with Gasteiger partial charge < -0.3 is 5.21 Å². The highest BCUT2D eigenvalue weighted by molar-refractivity contribution is 5.86. The maximum Gasteiger partial charge on any atom is 0.0951 e. The number of aromatic nitrogens is 1. The van der Waals surface area contributed by atoms with E-state index in [1.165, 1.54) is 4.73 Å². The van der Waals surface area contributed by atoms with E-state index in [4.69, 9.17) is 0 Å². The molecule has 0 aliphatic heterocycles. The Kier molecular flexibility index (Phi) is 3.64. The molecule has 116 valence electrons. The zero-order chi connectivity index (χ0) is 16.4. The van der Waals surface area contributed by atoms with E-state index in [9.17, 15) is 5.21 Å². The molecule has 0 aliphatic carbocycles. The monoisotopic (exact) mass is 311 g/mol. The van der Waals surface area contributed by atoms with E-state index in [-0.39, 0.29) is 0 Å². The Hall–Kier alpha value is -3.26. The van der Waals surface area contributed by atoms with Crippen LogP contribution in [0.3, 0.4) is 0 Å². The van der Waals surface area contributed by atoms with Gasteiger partial charge in [0, 0.05) is 16.7 Å². The van der Waals surface area contributed by atoms with Crippen LogP contribution in [0.2, 0.25) is 0 Å². The Morgan fingerprint density at radius 3 is 1.54 bits per heavy atom. The van der Waals surface area contributed by atoms with Gasteiger partial charge in [0.15, 0.2) is 0 Å². The molecule has 0 spiro atoms. The number of nitrogens with zero attached hydrogens (tertiary/aromatic N) is 1. The molecular formula is C22H17NO. The van der Waals surface area contributed by atoms with Crippen molar-refractivity contribution in [2.45, 2.75) is 0 Å². The summed E-state index contributed by atoms with van der Waals surface area (Å²) in [4.78, 5) is 0. The normalized spacial score (nSPS) is 10.7. The van der Waals surface area contributed by atoms with Crippen molar-refractivity contribution in [2.75, 3.05) is 0 Å². The topological polar surface area (TPSA) is 25.2 Å². The smallest absolute Gasteiger partial charge is 0.0951 e. The van der Waals surface area contributed by atoms with Gasteiger partial charge in [-0.05, 0) is 11.6 Å². The van der Waals surface area contributed by atoms with Gasteiger partial charge in [-0.25, -0.2) is 0 Å². The standard InChI is InChI=1S/C22H17NO/c24-23-21(18-12-6-2-7-13-18)16-20(17-10-4-1-5-11-17)22(23)19-14-8-3-9-15-19/h1-16,24H. The van der Waals surface area contributed by atoms with Crippen molar-refractivity contribution in [3.63, 3.8) is 0 Å². The molecule has 0 amide bonds. The number of benzene rings is 3. The SMILES string of the molecule is On1c(-c2ccccc2)cc(-c2ccccc2)c1-c1ccccc1. The zero-order valence-corrected chi connectivity index (χ0v) is 13.1. The van der Waals surface area contributed by atoms with Crippen LogP contribution in [-0.4, -0.2) is 9.94 Å². The van der Waals surface area contributed by atoms with Crippen molar-refractivity contribution < 1.29 is 5.21 Å². The van der Waals surface area contributed by atoms with Crippen molar-refractivity contribution in [3.05, 3.63) is 97.1 Å². The third-order valence-corrected chi connectivity index (χ3v) is 4.18. The van der Waals surface area contributed by atoms with Crippen LogP contribution in [0.15, 0.2) is 97.1 Å². The van der Waals surface area contributed by atoms with Crippen molar-refractivity contribution in [1.82, 2.24) is 4.73 Å². The maximum absolute atomic E-state index is 10.9. The predicted octanol–water partition coefficient (Wildman–Crippen LogP) is 5.73. The van der Waals surface area contributed by atoms with Crippen LogP contribution in [0.1, 0.15) is 0 Å². The summed E-state index contributed by atoms with van der Waals surface area (Å²) in [5, 5.41) is 10.9. The maximum atomic E-state index is 10.9. The highest BCUT2D eigenvalue weighted by Gasteiger charge is 2.18. The predicted molar refractivity (Wildman–Crippen MR) is 97.9 cm³/mol. The van der Waals surface area contributed by atoms with Gasteiger partial charge in [-0.1, -0.05) is 91.0 Å². The van der Waals surface area contributed by atoms with Gasteiger partial charge in [0.1, 0.15) is 0 Å². The molecule has 0 saturated heterocycles. The van der Waals surface area contributed by atoms with E-state index in [0.717, 1.165) is 33.6 Å². The highest BCUT2D eigenvalue weighted by Crippen LogP contribution is 2.37. The summed E-state index contributed by atoms with van der Waals surface area (Å²) in [6, 6.07) is 32.1. The molecular weight excluding hydrogens is 294 g/mol. The molecule has 2 nitrogen and oxygen atoms in total. The Morgan fingerprint density at radius 1 is 0.542 bits per heavy atom. The highest BCUT2D eigenvalue weighted by atomic mass is 16.5. The minimum Gasteiger partial charge on any atom is -0.428 e. The van der Waals surface area contributed by atoms with Gasteiger partial charge in [0.2, 0.25) is 0 Å². The molecule has 1 aromatic heterocycles. The van der Waals surface area contributed by atoms with E-state index >= 15 is 0 Å². The van der Waals surface area contributed by atoms with Crippen LogP contribution in [0.5, 0.6) is 0 Å². The minimum atomic E-state index is 0.785. The van der Waals surface area contributed by atoms with Crippen LogP contribution in [0, 0.1) is 0 Å². The summed E-state index contributed by atoms with van der Waals surface area (Å²) in [7, 11) is 0. The van der Waals surface area contributed by atoms with Gasteiger partial charge in [-0.2, -0.15) is 4.73 Å². The third-order valence-electron chi connectivity index (χ3n) is 4.18. The van der Waals surface area contributed by atoms with Gasteiger partial charge in [-0.3, -0.25) is 0 Å². The van der Waals surface area contributed by atoms with Gasteiger partial charge >= 0.3 is 0 Å². The molecule has 4 rings (SSSR count). The van der Waals surface area contributed by atoms with Crippen LogP contribution >= 0.6 is 0 Å². The molecule has 0 radical (unpaired) electrons. The minimum absolute atomic E-state index is 0.785. The Labute approximate surface area is 141 Å². The molecule has 2 heteroatoms. The number of hydrogen-bond acceptors (Lipinski definition) is 1. The first-order valence-electron chi connectivity index (χ1n) is 7.96. The summed E-state index contributed by atoms with van der Waals surface area (Å²) in [5.41, 5.74) is 5.67. The van der Waals surface area contributed by atoms with Crippen LogP contribution in [0.25, 0.3) is 33.6 Å². The largest absolute Gasteiger partial charge is 0.428 e. The lowest BCUT2D eigenvalue weighted by Crippen LogP contribution is -1.96. The summed E-state index contributed by atoms with van der Waals surface area (Å²) in [6.07, 6.45) is 0. The lowest BCUT2D eigenvalue weighted by atomic mass is 10.0. The molecule has 0 fully saturated rings. The summed E-state index contributed by atoms with van der Waals surface area (Å²) in [5.74, 6) is 0. The molecule has 0 saturated carbocycles. The van der Waals surface area contributed by atoms with E-state index in [2.05, 4.69) is 12.1 Å². The first-order valence-corrected chi connectivity index (χ1v) is 7.96. The third kappa shape index (κ3) is 2.48. The average molecular weight is 311 g/mol. The van der Waals surface area contributed by atoms with Gasteiger partial charge in [-0.15, -0.1) is 0 Å². The molecule has 3 aromatic carbocycles. The lowest BCUT2D eigenvalue weighted by Gasteiger charge is -2.08. The summed E-state index contributed by atoms with van der Waals surface area (Å²) >= 11 is 0. The number of hydrogen-bond donors (Lipinski definition) is 1. The lowest BCUT2D eigenvalue weighted by molar-refractivity contribution is 0.197. The first kappa shape index (κ1) is 14.3. The van der Waals surface area contributed by atoms with Crippen molar-refractivity contribution >= 4 is 0 Å². The molecule has 0 unspecified atom stereocenters. The van der Waals surface area contributed by atoms with E-state index in [1.54, 1.807) is 0 Å². The molecule has 0 aliphatic rings. The fourth-order valence-corrected chi connectivity index (χ4v) is 3.03. The van der Waals surface area contributed by atoms with Gasteiger partial charge in [0.05, 0.1) is 11.4 Å².